The molecule has 3 atom stereocenters. The highest BCUT2D eigenvalue weighted by molar-refractivity contribution is 6.46. The monoisotopic (exact) mass is 1260 g/mol. The number of rotatable bonds is 36. The van der Waals surface area contributed by atoms with E-state index in [-0.39, 0.29) is 65.5 Å². The van der Waals surface area contributed by atoms with Gasteiger partial charge in [-0.2, -0.15) is 0 Å². The number of ketones is 4. The molecule has 1 aliphatic rings. The van der Waals surface area contributed by atoms with E-state index in [4.69, 9.17) is 19.1 Å². The lowest BCUT2D eigenvalue weighted by Gasteiger charge is -2.25. The van der Waals surface area contributed by atoms with Gasteiger partial charge in [0.2, 0.25) is 5.78 Å². The van der Waals surface area contributed by atoms with Gasteiger partial charge < -0.3 is 28.3 Å². The predicted molar refractivity (Wildman–Crippen MR) is 364 cm³/mol. The van der Waals surface area contributed by atoms with Crippen molar-refractivity contribution in [1.82, 2.24) is 9.13 Å². The first-order valence-corrected chi connectivity index (χ1v) is 34.0. The molecule has 0 N–H and O–H groups in total. The summed E-state index contributed by atoms with van der Waals surface area (Å²) in [5.41, 5.74) is 7.76. The highest BCUT2D eigenvalue weighted by Gasteiger charge is 2.33. The third-order valence-electron chi connectivity index (χ3n) is 18.1. The Balaban J connectivity index is 0.894. The highest BCUT2D eigenvalue weighted by Crippen LogP contribution is 2.39. The van der Waals surface area contributed by atoms with Crippen LogP contribution in [0.15, 0.2) is 113 Å². The van der Waals surface area contributed by atoms with Crippen molar-refractivity contribution in [1.29, 1.82) is 0 Å². The third-order valence-corrected chi connectivity index (χ3v) is 18.1. The van der Waals surface area contributed by atoms with Crippen LogP contribution < -0.4 is 9.47 Å². The molecule has 0 radical (unpaired) electrons. The van der Waals surface area contributed by atoms with E-state index in [0.717, 1.165) is 135 Å². The number of carbonyl (C=O) groups excluding carboxylic acids is 8. The molecule has 5 aromatic carbocycles. The number of unbranched alkanes of at least 4 members (excludes halogenated alkanes) is 6. The van der Waals surface area contributed by atoms with E-state index in [1.165, 1.54) is 19.5 Å². The van der Waals surface area contributed by atoms with Crippen LogP contribution in [0.4, 0.5) is 0 Å². The van der Waals surface area contributed by atoms with E-state index in [1.54, 1.807) is 54.6 Å². The van der Waals surface area contributed by atoms with Crippen LogP contribution in [0, 0.1) is 17.8 Å². The molecule has 0 spiro atoms. The molecule has 0 saturated heterocycles. The van der Waals surface area contributed by atoms with E-state index < -0.39 is 23.9 Å². The summed E-state index contributed by atoms with van der Waals surface area (Å²) < 4.78 is 15.9. The Morgan fingerprint density at radius 3 is 1.39 bits per heavy atom. The lowest BCUT2D eigenvalue weighted by molar-refractivity contribution is -0.141. The largest absolute Gasteiger partial charge is 0.427 e. The van der Waals surface area contributed by atoms with Gasteiger partial charge in [-0.25, -0.2) is 9.59 Å². The first-order valence-electron chi connectivity index (χ1n) is 34.0. The molecular formula is C77H92N4O12. The predicted octanol–water partition coefficient (Wildman–Crippen LogP) is 17.2. The zero-order valence-electron chi connectivity index (χ0n) is 55.7. The van der Waals surface area contributed by atoms with Gasteiger partial charge in [0, 0.05) is 112 Å². The lowest BCUT2D eigenvalue weighted by Crippen LogP contribution is -2.30. The third kappa shape index (κ3) is 18.4. The van der Waals surface area contributed by atoms with Crippen LogP contribution in [0.25, 0.3) is 32.7 Å². The molecule has 492 valence electrons. The van der Waals surface area contributed by atoms with Crippen molar-refractivity contribution >= 4 is 91.1 Å². The molecule has 0 aliphatic heterocycles. The minimum Gasteiger partial charge on any atom is -0.427 e. The van der Waals surface area contributed by atoms with Crippen LogP contribution in [-0.4, -0.2) is 67.6 Å². The summed E-state index contributed by atoms with van der Waals surface area (Å²) in [5, 5.41) is 10.6. The van der Waals surface area contributed by atoms with Crippen molar-refractivity contribution in [3.63, 3.8) is 0 Å². The van der Waals surface area contributed by atoms with Crippen molar-refractivity contribution < 1.29 is 57.5 Å². The molecule has 7 aromatic rings. The van der Waals surface area contributed by atoms with Gasteiger partial charge in [-0.05, 0) is 185 Å². The molecule has 93 heavy (non-hydrogen) atoms. The van der Waals surface area contributed by atoms with Crippen LogP contribution in [0.3, 0.4) is 0 Å². The molecule has 2 heterocycles. The fourth-order valence-electron chi connectivity index (χ4n) is 12.7. The minimum atomic E-state index is -0.607. The zero-order chi connectivity index (χ0) is 66.6. The summed E-state index contributed by atoms with van der Waals surface area (Å²) in [5.74, 6) is -2.14. The first kappa shape index (κ1) is 70.2. The summed E-state index contributed by atoms with van der Waals surface area (Å²) in [7, 11) is 0. The number of carbonyl (C=O) groups is 8. The van der Waals surface area contributed by atoms with E-state index in [2.05, 4.69) is 61.0 Å². The van der Waals surface area contributed by atoms with Crippen LogP contribution in [-0.2, 0) is 59.6 Å². The van der Waals surface area contributed by atoms with Crippen molar-refractivity contribution in [3.8, 4) is 11.5 Å². The molecule has 0 bridgehead atoms. The Morgan fingerprint density at radius 2 is 0.903 bits per heavy atom. The maximum atomic E-state index is 14.2. The number of benzene rings is 5. The number of ether oxygens (including phenoxy) is 2. The Morgan fingerprint density at radius 1 is 0.473 bits per heavy atom. The maximum absolute atomic E-state index is 14.2. The molecule has 3 unspecified atom stereocenters. The quantitative estimate of drug-likeness (QED) is 0.00683. The topological polar surface area (TPSA) is 208 Å². The lowest BCUT2D eigenvalue weighted by atomic mass is 9.81. The Bertz CT molecular complexity index is 3880. The molecule has 0 fully saturated rings. The number of Topliss-reactive ketones (excluding diaryl/α,β-unsaturated/α-hetero) is 2. The van der Waals surface area contributed by atoms with Gasteiger partial charge >= 0.3 is 23.9 Å². The minimum absolute atomic E-state index is 0.0699. The Kier molecular flexibility index (Phi) is 25.9. The van der Waals surface area contributed by atoms with Gasteiger partial charge in [0.1, 0.15) is 22.9 Å². The normalized spacial score (nSPS) is 14.0. The summed E-state index contributed by atoms with van der Waals surface area (Å²) in [6, 6.07) is 29.8. The second-order valence-electron chi connectivity index (χ2n) is 25.0. The summed E-state index contributed by atoms with van der Waals surface area (Å²) in [6.07, 6.45) is 16.5. The van der Waals surface area contributed by atoms with Crippen LogP contribution in [0.2, 0.25) is 0 Å². The van der Waals surface area contributed by atoms with Crippen molar-refractivity contribution in [2.45, 2.75) is 210 Å². The summed E-state index contributed by atoms with van der Waals surface area (Å²) in [4.78, 5) is 116. The molecule has 16 heteroatoms. The van der Waals surface area contributed by atoms with Crippen LogP contribution in [0.1, 0.15) is 237 Å². The Hall–Kier alpha value is -8.66. The molecule has 16 nitrogen and oxygen atoms in total. The van der Waals surface area contributed by atoms with Gasteiger partial charge in [0.05, 0.1) is 0 Å². The second kappa shape index (κ2) is 34.3. The van der Waals surface area contributed by atoms with Crippen molar-refractivity contribution in [3.05, 3.63) is 142 Å². The smallest absolute Gasteiger partial charge is 0.331 e. The maximum Gasteiger partial charge on any atom is 0.331 e. The Labute approximate surface area is 546 Å². The number of oxime groups is 2. The van der Waals surface area contributed by atoms with E-state index in [1.807, 2.05) is 48.5 Å². The number of hydrogen-bond donors (Lipinski definition) is 0. The fraction of sp³-hybridized carbons (Fsp3) is 0.455. The van der Waals surface area contributed by atoms with Gasteiger partial charge in [-0.15, -0.1) is 0 Å². The van der Waals surface area contributed by atoms with Crippen molar-refractivity contribution in [2.75, 3.05) is 0 Å². The number of esters is 2. The highest BCUT2D eigenvalue weighted by atomic mass is 16.7. The molecule has 1 aliphatic carbocycles. The molecule has 0 saturated carbocycles. The van der Waals surface area contributed by atoms with Crippen LogP contribution >= 0.6 is 0 Å². The standard InChI is InChI=1S/C77H92N4O12/c1-9-15-19-24-66(78-92-50(7)82)76(88)58-34-42-70-64(46-58)62-44-56(32-40-68(62)80(70)48-52(13-5)22-17-11-3)74(86)54-28-36-60(37-29-54)90-72(84)26-21-27-73(85)91-61-38-30-55(31-39-61)75(87)57-33-41-69-63(45-57)65-47-59(77(89)67(25-20-16-10-2)79-93-51(8)83)35-43-71(65)81(69)49-53(14-6)23-18-12-4/h28-34,36-42,44-46,52-53,59H,9-27,35,43,47-49H2,1-8H3/b78-66+,79-67+. The molecule has 0 amide bonds. The number of nitrogens with zero attached hydrogens (tertiary/aromatic N) is 4. The average molecular weight is 1270 g/mol. The summed E-state index contributed by atoms with van der Waals surface area (Å²) in [6.45, 7) is 17.1. The number of aromatic nitrogens is 2. The van der Waals surface area contributed by atoms with E-state index >= 15 is 0 Å². The SMILES string of the molecule is CCCCC/C(=N\OC(C)=O)C(=O)c1ccc2c(c1)c1cc(C(=O)c3ccc(OC(=O)CCCC(=O)Oc4ccc(C(=O)c5ccc6c(c5)c5c(n6CC(CC)CCCC)CCC(C(=O)/C(CCCCC)=N/OC(C)=O)C5)cc4)cc3)ccc1n2CC(CC)CCCC. The molecule has 2 aromatic heterocycles. The van der Waals surface area contributed by atoms with Crippen LogP contribution in [0.5, 0.6) is 11.5 Å². The first-order chi connectivity index (χ1) is 45.0. The molecule has 8 rings (SSSR count). The number of hydrogen-bond acceptors (Lipinski definition) is 14. The van der Waals surface area contributed by atoms with E-state index in [0.29, 0.717) is 83.9 Å². The van der Waals surface area contributed by atoms with Gasteiger partial charge in [0.25, 0.3) is 0 Å². The van der Waals surface area contributed by atoms with Crippen molar-refractivity contribution in [2.24, 2.45) is 28.1 Å². The second-order valence-corrected chi connectivity index (χ2v) is 25.0. The van der Waals surface area contributed by atoms with Gasteiger partial charge in [0.15, 0.2) is 17.3 Å². The zero-order valence-corrected chi connectivity index (χ0v) is 55.7. The number of fused-ring (bicyclic) bond motifs is 6. The molecular weight excluding hydrogens is 1170 g/mol. The average Bonchev–Trinajstić information content (AvgIpc) is 1.61. The fourth-order valence-corrected chi connectivity index (χ4v) is 12.7. The van der Waals surface area contributed by atoms with Gasteiger partial charge in [-0.3, -0.25) is 28.8 Å². The van der Waals surface area contributed by atoms with E-state index in [9.17, 15) is 38.4 Å². The van der Waals surface area contributed by atoms with Gasteiger partial charge in [-0.1, -0.05) is 116 Å². The summed E-state index contributed by atoms with van der Waals surface area (Å²) >= 11 is 0.